The number of anilines is 4. The Bertz CT molecular complexity index is 714. The third-order valence-corrected chi connectivity index (χ3v) is 3.72. The van der Waals surface area contributed by atoms with E-state index in [1.165, 1.54) is 13.4 Å². The maximum atomic E-state index is 6.19. The molecule has 0 amide bonds. The maximum absolute atomic E-state index is 6.19. The molecule has 4 N–H and O–H groups in total. The Labute approximate surface area is 151 Å². The van der Waals surface area contributed by atoms with Crippen molar-refractivity contribution in [3.05, 3.63) is 23.5 Å². The van der Waals surface area contributed by atoms with Crippen LogP contribution in [0.25, 0.3) is 0 Å². The molecule has 1 aromatic carbocycles. The minimum atomic E-state index is 0.397. The molecule has 2 aromatic rings. The molecule has 2 rings (SSSR count). The van der Waals surface area contributed by atoms with E-state index >= 15 is 0 Å². The van der Waals surface area contributed by atoms with Gasteiger partial charge in [0.25, 0.3) is 0 Å². The van der Waals surface area contributed by atoms with Crippen molar-refractivity contribution in [3.63, 3.8) is 0 Å². The van der Waals surface area contributed by atoms with Gasteiger partial charge in [-0.25, -0.2) is 9.97 Å². The van der Waals surface area contributed by atoms with Gasteiger partial charge in [0, 0.05) is 26.3 Å². The molecule has 136 valence electrons. The number of rotatable bonds is 9. The van der Waals surface area contributed by atoms with Gasteiger partial charge >= 0.3 is 0 Å². The minimum Gasteiger partial charge on any atom is -0.495 e. The number of nitrogens with zero attached hydrogens (tertiary/aromatic N) is 2. The number of ether oxygens (including phenoxy) is 3. The zero-order valence-corrected chi connectivity index (χ0v) is 15.2. The Balaban J connectivity index is 2.21. The third kappa shape index (κ3) is 4.77. The Morgan fingerprint density at radius 2 is 1.80 bits per heavy atom. The summed E-state index contributed by atoms with van der Waals surface area (Å²) in [5.41, 5.74) is 7.16. The first-order chi connectivity index (χ1) is 12.1. The van der Waals surface area contributed by atoms with Crippen LogP contribution in [-0.2, 0) is 4.74 Å². The van der Waals surface area contributed by atoms with E-state index < -0.39 is 0 Å². The van der Waals surface area contributed by atoms with Crippen LogP contribution in [0, 0.1) is 0 Å². The molecule has 1 aromatic heterocycles. The average Bonchev–Trinajstić information content (AvgIpc) is 2.62. The molecule has 0 radical (unpaired) electrons. The van der Waals surface area contributed by atoms with Crippen LogP contribution in [-0.4, -0.2) is 44.4 Å². The van der Waals surface area contributed by atoms with Crippen molar-refractivity contribution >= 4 is 34.6 Å². The second-order valence-electron chi connectivity index (χ2n) is 5.07. The first-order valence-corrected chi connectivity index (χ1v) is 8.00. The van der Waals surface area contributed by atoms with Crippen LogP contribution in [0.2, 0.25) is 5.02 Å². The Morgan fingerprint density at radius 1 is 1.08 bits per heavy atom. The van der Waals surface area contributed by atoms with Gasteiger partial charge in [-0.05, 0) is 12.5 Å². The molecule has 25 heavy (non-hydrogen) atoms. The second kappa shape index (κ2) is 9.14. The minimum absolute atomic E-state index is 0.397. The lowest BCUT2D eigenvalue weighted by atomic mass is 10.2. The molecule has 0 unspecified atom stereocenters. The van der Waals surface area contributed by atoms with E-state index in [0.717, 1.165) is 6.42 Å². The van der Waals surface area contributed by atoms with Crippen LogP contribution >= 0.6 is 11.6 Å². The van der Waals surface area contributed by atoms with Crippen molar-refractivity contribution in [1.29, 1.82) is 0 Å². The van der Waals surface area contributed by atoms with Crippen LogP contribution in [0.1, 0.15) is 6.42 Å². The van der Waals surface area contributed by atoms with Crippen molar-refractivity contribution in [2.24, 2.45) is 0 Å². The lowest BCUT2D eigenvalue weighted by Crippen LogP contribution is -2.10. The van der Waals surface area contributed by atoms with E-state index in [1.54, 1.807) is 26.4 Å². The summed E-state index contributed by atoms with van der Waals surface area (Å²) in [5.74, 6) is 2.06. The number of hydrogen-bond donors (Lipinski definition) is 3. The van der Waals surface area contributed by atoms with Gasteiger partial charge in [0.05, 0.1) is 24.9 Å². The normalized spacial score (nSPS) is 10.4. The fourth-order valence-corrected chi connectivity index (χ4v) is 2.39. The highest BCUT2D eigenvalue weighted by atomic mass is 35.5. The molecule has 0 saturated carbocycles. The molecular formula is C16H22ClN5O3. The molecule has 0 aliphatic carbocycles. The van der Waals surface area contributed by atoms with Gasteiger partial charge < -0.3 is 30.6 Å². The molecule has 9 heteroatoms. The SMILES string of the molecule is COCCCNc1ncnc(Nc2cc(Cl)c(OC)cc2OC)c1N. The van der Waals surface area contributed by atoms with Crippen LogP contribution in [0.5, 0.6) is 11.5 Å². The highest BCUT2D eigenvalue weighted by Crippen LogP contribution is 2.38. The molecule has 0 bridgehead atoms. The van der Waals surface area contributed by atoms with Crippen molar-refractivity contribution in [2.45, 2.75) is 6.42 Å². The number of benzene rings is 1. The zero-order valence-electron chi connectivity index (χ0n) is 14.4. The van der Waals surface area contributed by atoms with Gasteiger partial charge in [-0.15, -0.1) is 0 Å². The number of nitrogens with two attached hydrogens (primary N) is 1. The molecule has 0 fully saturated rings. The fraction of sp³-hybridized carbons (Fsp3) is 0.375. The van der Waals surface area contributed by atoms with Crippen molar-refractivity contribution in [1.82, 2.24) is 9.97 Å². The number of nitrogen functional groups attached to an aromatic ring is 1. The maximum Gasteiger partial charge on any atom is 0.159 e. The second-order valence-corrected chi connectivity index (χ2v) is 5.48. The van der Waals surface area contributed by atoms with E-state index in [1.807, 2.05) is 0 Å². The summed E-state index contributed by atoms with van der Waals surface area (Å²) in [6.45, 7) is 1.34. The van der Waals surface area contributed by atoms with Gasteiger partial charge in [-0.2, -0.15) is 0 Å². The van der Waals surface area contributed by atoms with Gasteiger partial charge in [-0.1, -0.05) is 11.6 Å². The van der Waals surface area contributed by atoms with Gasteiger partial charge in [0.2, 0.25) is 0 Å². The summed E-state index contributed by atoms with van der Waals surface area (Å²) in [4.78, 5) is 8.34. The summed E-state index contributed by atoms with van der Waals surface area (Å²) >= 11 is 6.19. The summed E-state index contributed by atoms with van der Waals surface area (Å²) in [6, 6.07) is 3.37. The van der Waals surface area contributed by atoms with Gasteiger partial charge in [0.15, 0.2) is 11.6 Å². The van der Waals surface area contributed by atoms with Crippen LogP contribution in [0.3, 0.4) is 0 Å². The predicted molar refractivity (Wildman–Crippen MR) is 99.3 cm³/mol. The number of methoxy groups -OCH3 is 3. The molecule has 0 aliphatic rings. The molecule has 0 saturated heterocycles. The molecule has 0 atom stereocenters. The third-order valence-electron chi connectivity index (χ3n) is 3.43. The number of nitrogens with one attached hydrogen (secondary N) is 2. The summed E-state index contributed by atoms with van der Waals surface area (Å²) in [7, 11) is 4.76. The predicted octanol–water partition coefficient (Wildman–Crippen LogP) is 2.92. The van der Waals surface area contributed by atoms with Crippen molar-refractivity contribution in [2.75, 3.05) is 50.8 Å². The van der Waals surface area contributed by atoms with E-state index in [4.69, 9.17) is 31.5 Å². The zero-order chi connectivity index (χ0) is 18.2. The summed E-state index contributed by atoms with van der Waals surface area (Å²) in [5, 5.41) is 6.72. The number of aromatic nitrogens is 2. The first-order valence-electron chi connectivity index (χ1n) is 7.62. The summed E-state index contributed by atoms with van der Waals surface area (Å²) < 4.78 is 15.6. The Kier molecular flexibility index (Phi) is 6.91. The first kappa shape index (κ1) is 18.9. The fourth-order valence-electron chi connectivity index (χ4n) is 2.14. The van der Waals surface area contributed by atoms with Crippen LogP contribution in [0.15, 0.2) is 18.5 Å². The Morgan fingerprint density at radius 3 is 2.48 bits per heavy atom. The topological polar surface area (TPSA) is 104 Å². The van der Waals surface area contributed by atoms with E-state index in [0.29, 0.717) is 52.7 Å². The molecule has 0 spiro atoms. The smallest absolute Gasteiger partial charge is 0.159 e. The number of halogens is 1. The van der Waals surface area contributed by atoms with Crippen LogP contribution < -0.4 is 25.8 Å². The quantitative estimate of drug-likeness (QED) is 0.581. The monoisotopic (exact) mass is 367 g/mol. The van der Waals surface area contributed by atoms with Crippen molar-refractivity contribution in [3.8, 4) is 11.5 Å². The van der Waals surface area contributed by atoms with Crippen LogP contribution in [0.4, 0.5) is 23.0 Å². The molecule has 8 nitrogen and oxygen atoms in total. The van der Waals surface area contributed by atoms with E-state index in [9.17, 15) is 0 Å². The van der Waals surface area contributed by atoms with Gasteiger partial charge in [-0.3, -0.25) is 0 Å². The highest BCUT2D eigenvalue weighted by molar-refractivity contribution is 6.32. The van der Waals surface area contributed by atoms with Gasteiger partial charge in [0.1, 0.15) is 23.5 Å². The van der Waals surface area contributed by atoms with Crippen molar-refractivity contribution < 1.29 is 14.2 Å². The molecular weight excluding hydrogens is 346 g/mol. The standard InChI is InChI=1S/C16H22ClN5O3/c1-23-6-4-5-19-15-14(18)16(21-9-20-15)22-11-7-10(17)12(24-2)8-13(11)25-3/h7-9H,4-6,18H2,1-3H3,(H2,19,20,21,22). The average molecular weight is 368 g/mol. The number of hydrogen-bond acceptors (Lipinski definition) is 8. The van der Waals surface area contributed by atoms with E-state index in [2.05, 4.69) is 20.6 Å². The highest BCUT2D eigenvalue weighted by Gasteiger charge is 2.13. The molecule has 0 aliphatic heterocycles. The summed E-state index contributed by atoms with van der Waals surface area (Å²) in [6.07, 6.45) is 2.26. The Hall–Kier alpha value is -2.45. The lowest BCUT2D eigenvalue weighted by Gasteiger charge is -2.15. The largest absolute Gasteiger partial charge is 0.495 e. The molecule has 1 heterocycles. The lowest BCUT2D eigenvalue weighted by molar-refractivity contribution is 0.198. The van der Waals surface area contributed by atoms with E-state index in [-0.39, 0.29) is 0 Å².